The van der Waals surface area contributed by atoms with Crippen molar-refractivity contribution in [3.05, 3.63) is 131 Å². The molecule has 7 nitrogen and oxygen atoms in total. The van der Waals surface area contributed by atoms with E-state index in [1.807, 2.05) is 30.3 Å². The summed E-state index contributed by atoms with van der Waals surface area (Å²) >= 11 is 0. The first-order chi connectivity index (χ1) is 19.5. The van der Waals surface area contributed by atoms with Crippen LogP contribution in [0.15, 0.2) is 103 Å². The van der Waals surface area contributed by atoms with E-state index in [2.05, 4.69) is 0 Å². The van der Waals surface area contributed by atoms with Crippen LogP contribution < -0.4 is 9.47 Å². The van der Waals surface area contributed by atoms with E-state index in [0.29, 0.717) is 66.5 Å². The van der Waals surface area contributed by atoms with Gasteiger partial charge < -0.3 is 19.3 Å². The quantitative estimate of drug-likeness (QED) is 0.294. The van der Waals surface area contributed by atoms with Gasteiger partial charge >= 0.3 is 0 Å². The van der Waals surface area contributed by atoms with Crippen LogP contribution in [-0.4, -0.2) is 60.7 Å². The van der Waals surface area contributed by atoms with E-state index in [1.165, 1.54) is 0 Å². The maximum Gasteiger partial charge on any atom is 0.253 e. The molecule has 0 unspecified atom stereocenters. The number of ether oxygens (including phenoxy) is 2. The van der Waals surface area contributed by atoms with Crippen LogP contribution in [0, 0.1) is 0 Å². The van der Waals surface area contributed by atoms with Crippen LogP contribution in [0.4, 0.5) is 0 Å². The second-order valence-corrected chi connectivity index (χ2v) is 9.52. The molecule has 4 aromatic carbocycles. The molecule has 202 valence electrons. The molecule has 7 heteroatoms. The van der Waals surface area contributed by atoms with Gasteiger partial charge in [-0.25, -0.2) is 0 Å². The van der Waals surface area contributed by atoms with E-state index in [9.17, 15) is 14.4 Å². The van der Waals surface area contributed by atoms with Crippen LogP contribution in [0.2, 0.25) is 0 Å². The van der Waals surface area contributed by atoms with E-state index in [-0.39, 0.29) is 17.6 Å². The van der Waals surface area contributed by atoms with Gasteiger partial charge in [0.05, 0.1) is 7.11 Å². The molecule has 0 saturated carbocycles. The van der Waals surface area contributed by atoms with Crippen molar-refractivity contribution in [1.29, 1.82) is 0 Å². The highest BCUT2D eigenvalue weighted by Gasteiger charge is 2.25. The van der Waals surface area contributed by atoms with Crippen LogP contribution in [0.1, 0.15) is 42.2 Å². The highest BCUT2D eigenvalue weighted by atomic mass is 16.5. The Hall–Kier alpha value is -4.91. The molecule has 1 saturated heterocycles. The Morgan fingerprint density at radius 3 is 1.55 bits per heavy atom. The third-order valence-corrected chi connectivity index (χ3v) is 6.95. The number of nitrogens with zero attached hydrogens (tertiary/aromatic N) is 2. The molecule has 0 N–H and O–H groups in total. The lowest BCUT2D eigenvalue weighted by Gasteiger charge is -2.35. The van der Waals surface area contributed by atoms with E-state index in [1.54, 1.807) is 89.7 Å². The summed E-state index contributed by atoms with van der Waals surface area (Å²) in [5.41, 5.74) is 3.38. The SMILES string of the molecule is COc1ccc(C(=O)N2CCN(C(=O)c3ccc(COc4ccc(C(=O)c5ccccc5)cc4)cc3)CC2)cc1. The molecular formula is C33H30N2O5. The summed E-state index contributed by atoms with van der Waals surface area (Å²) in [5.74, 6) is 1.24. The van der Waals surface area contributed by atoms with Crippen molar-refractivity contribution < 1.29 is 23.9 Å². The molecule has 0 bridgehead atoms. The van der Waals surface area contributed by atoms with Crippen LogP contribution in [0.25, 0.3) is 0 Å². The maximum absolute atomic E-state index is 13.0. The number of carbonyl (C=O) groups is 3. The lowest BCUT2D eigenvalue weighted by atomic mass is 10.0. The van der Waals surface area contributed by atoms with Crippen molar-refractivity contribution in [2.75, 3.05) is 33.3 Å². The summed E-state index contributed by atoms with van der Waals surface area (Å²) in [7, 11) is 1.59. The molecule has 0 spiro atoms. The zero-order valence-electron chi connectivity index (χ0n) is 22.3. The zero-order chi connectivity index (χ0) is 27.9. The Kier molecular flexibility index (Phi) is 8.21. The molecule has 0 radical (unpaired) electrons. The molecule has 1 heterocycles. The van der Waals surface area contributed by atoms with Gasteiger partial charge in [0, 0.05) is 48.4 Å². The van der Waals surface area contributed by atoms with Gasteiger partial charge in [0.25, 0.3) is 11.8 Å². The number of hydrogen-bond donors (Lipinski definition) is 0. The van der Waals surface area contributed by atoms with Gasteiger partial charge in [-0.1, -0.05) is 42.5 Å². The number of piperazine rings is 1. The zero-order valence-corrected chi connectivity index (χ0v) is 22.3. The summed E-state index contributed by atoms with van der Waals surface area (Å²) in [6.07, 6.45) is 0. The van der Waals surface area contributed by atoms with Crippen molar-refractivity contribution >= 4 is 17.6 Å². The molecule has 0 aliphatic carbocycles. The topological polar surface area (TPSA) is 76.2 Å². The highest BCUT2D eigenvalue weighted by Crippen LogP contribution is 2.19. The number of hydrogen-bond acceptors (Lipinski definition) is 5. The van der Waals surface area contributed by atoms with Crippen LogP contribution in [0.5, 0.6) is 11.5 Å². The number of benzene rings is 4. The first kappa shape index (κ1) is 26.7. The average molecular weight is 535 g/mol. The van der Waals surface area contributed by atoms with Crippen molar-refractivity contribution in [2.24, 2.45) is 0 Å². The van der Waals surface area contributed by atoms with Crippen LogP contribution in [0.3, 0.4) is 0 Å². The second kappa shape index (κ2) is 12.3. The number of methoxy groups -OCH3 is 1. The standard InChI is InChI=1S/C33H30N2O5/c1-39-29-15-13-28(14-16-29)33(38)35-21-19-34(20-22-35)32(37)27-9-7-24(8-10-27)23-40-30-17-11-26(12-18-30)31(36)25-5-3-2-4-6-25/h2-18H,19-23H2,1H3. The Morgan fingerprint density at radius 2 is 1.02 bits per heavy atom. The molecule has 0 atom stereocenters. The Balaban J connectivity index is 1.10. The van der Waals surface area contributed by atoms with Crippen LogP contribution >= 0.6 is 0 Å². The monoisotopic (exact) mass is 534 g/mol. The van der Waals surface area contributed by atoms with Gasteiger partial charge in [-0.05, 0) is 66.2 Å². The second-order valence-electron chi connectivity index (χ2n) is 9.52. The molecule has 4 aromatic rings. The Bertz CT molecular complexity index is 1460. The summed E-state index contributed by atoms with van der Waals surface area (Å²) in [4.78, 5) is 42.0. The number of amides is 2. The molecule has 5 rings (SSSR count). The number of ketones is 1. The van der Waals surface area contributed by atoms with Crippen molar-refractivity contribution in [1.82, 2.24) is 9.80 Å². The minimum Gasteiger partial charge on any atom is -0.497 e. The minimum absolute atomic E-state index is 0.0299. The first-order valence-corrected chi connectivity index (χ1v) is 13.2. The normalized spacial score (nSPS) is 13.0. The Morgan fingerprint density at radius 1 is 0.575 bits per heavy atom. The fourth-order valence-electron chi connectivity index (χ4n) is 4.58. The lowest BCUT2D eigenvalue weighted by Crippen LogP contribution is -2.50. The average Bonchev–Trinajstić information content (AvgIpc) is 3.04. The molecule has 1 fully saturated rings. The largest absolute Gasteiger partial charge is 0.497 e. The van der Waals surface area contributed by atoms with Gasteiger partial charge in [0.2, 0.25) is 0 Å². The maximum atomic E-state index is 13.0. The van der Waals surface area contributed by atoms with E-state index in [4.69, 9.17) is 9.47 Å². The molecule has 2 amide bonds. The van der Waals surface area contributed by atoms with Gasteiger partial charge in [-0.3, -0.25) is 14.4 Å². The fourth-order valence-corrected chi connectivity index (χ4v) is 4.58. The molecule has 1 aliphatic rings. The highest BCUT2D eigenvalue weighted by molar-refractivity contribution is 6.09. The molecule has 0 aromatic heterocycles. The summed E-state index contributed by atoms with van der Waals surface area (Å²) < 4.78 is 11.0. The fraction of sp³-hybridized carbons (Fsp3) is 0.182. The van der Waals surface area contributed by atoms with E-state index in [0.717, 1.165) is 5.56 Å². The number of carbonyl (C=O) groups excluding carboxylic acids is 3. The Labute approximate surface area is 233 Å². The van der Waals surface area contributed by atoms with E-state index >= 15 is 0 Å². The van der Waals surface area contributed by atoms with Crippen molar-refractivity contribution in [3.63, 3.8) is 0 Å². The molecular weight excluding hydrogens is 504 g/mol. The molecule has 40 heavy (non-hydrogen) atoms. The first-order valence-electron chi connectivity index (χ1n) is 13.2. The third kappa shape index (κ3) is 6.21. The van der Waals surface area contributed by atoms with E-state index < -0.39 is 0 Å². The third-order valence-electron chi connectivity index (χ3n) is 6.95. The van der Waals surface area contributed by atoms with Gasteiger partial charge in [-0.2, -0.15) is 0 Å². The van der Waals surface area contributed by atoms with Gasteiger partial charge in [0.1, 0.15) is 18.1 Å². The lowest BCUT2D eigenvalue weighted by molar-refractivity contribution is 0.0535. The van der Waals surface area contributed by atoms with Crippen LogP contribution in [-0.2, 0) is 6.61 Å². The summed E-state index contributed by atoms with van der Waals surface area (Å²) in [6.45, 7) is 2.27. The smallest absolute Gasteiger partial charge is 0.253 e. The predicted octanol–water partition coefficient (Wildman–Crippen LogP) is 5.10. The van der Waals surface area contributed by atoms with Gasteiger partial charge in [-0.15, -0.1) is 0 Å². The van der Waals surface area contributed by atoms with Crippen molar-refractivity contribution in [3.8, 4) is 11.5 Å². The van der Waals surface area contributed by atoms with Gasteiger partial charge in [0.15, 0.2) is 5.78 Å². The number of rotatable bonds is 8. The summed E-state index contributed by atoms with van der Waals surface area (Å²) in [5, 5.41) is 0. The predicted molar refractivity (Wildman–Crippen MR) is 152 cm³/mol. The summed E-state index contributed by atoms with van der Waals surface area (Å²) in [6, 6.07) is 30.7. The molecule has 1 aliphatic heterocycles. The van der Waals surface area contributed by atoms with Crippen molar-refractivity contribution in [2.45, 2.75) is 6.61 Å². The minimum atomic E-state index is -0.0531.